The summed E-state index contributed by atoms with van der Waals surface area (Å²) in [5.74, 6) is 0.0592. The average molecular weight is 313 g/mol. The molecule has 1 aromatic heterocycles. The maximum Gasteiger partial charge on any atom is 0.328 e. The van der Waals surface area contributed by atoms with E-state index >= 15 is 0 Å². The molecule has 20 heavy (non-hydrogen) atoms. The lowest BCUT2D eigenvalue weighted by Crippen LogP contribution is -2.22. The Hall–Kier alpha value is -1.33. The Labute approximate surface area is 127 Å². The van der Waals surface area contributed by atoms with E-state index in [4.69, 9.17) is 28.6 Å². The van der Waals surface area contributed by atoms with Crippen LogP contribution in [0.3, 0.4) is 0 Å². The zero-order valence-corrected chi connectivity index (χ0v) is 13.2. The molecule has 0 aliphatic rings. The van der Waals surface area contributed by atoms with Gasteiger partial charge in [0.1, 0.15) is 6.04 Å². The summed E-state index contributed by atoms with van der Waals surface area (Å²) in [6.07, 6.45) is 0.663. The quantitative estimate of drug-likeness (QED) is 0.682. The lowest BCUT2D eigenvalue weighted by atomic mass is 10.0. The van der Waals surface area contributed by atoms with Crippen LogP contribution in [0.2, 0.25) is 5.02 Å². The molecule has 2 aromatic rings. The van der Waals surface area contributed by atoms with Crippen molar-refractivity contribution in [2.24, 2.45) is 5.92 Å². The Balaban J connectivity index is 2.61. The van der Waals surface area contributed by atoms with Gasteiger partial charge >= 0.3 is 5.97 Å². The number of halogens is 1. The summed E-state index contributed by atoms with van der Waals surface area (Å²) in [6, 6.07) is 5.02. The lowest BCUT2D eigenvalue weighted by molar-refractivity contribution is -0.145. The minimum Gasteiger partial charge on any atom is -0.467 e. The van der Waals surface area contributed by atoms with Crippen molar-refractivity contribution in [1.82, 2.24) is 9.55 Å². The van der Waals surface area contributed by atoms with Crippen LogP contribution >= 0.6 is 23.8 Å². The first-order chi connectivity index (χ1) is 9.43. The molecule has 1 unspecified atom stereocenters. The van der Waals surface area contributed by atoms with Crippen LogP contribution in [-0.2, 0) is 9.53 Å². The van der Waals surface area contributed by atoms with E-state index in [1.54, 1.807) is 12.1 Å². The summed E-state index contributed by atoms with van der Waals surface area (Å²) in [6.45, 7) is 4.12. The van der Waals surface area contributed by atoms with Gasteiger partial charge < -0.3 is 14.3 Å². The molecule has 0 aliphatic heterocycles. The Morgan fingerprint density at radius 3 is 2.80 bits per heavy atom. The van der Waals surface area contributed by atoms with E-state index in [0.717, 1.165) is 11.0 Å². The zero-order valence-electron chi connectivity index (χ0n) is 11.6. The number of carbonyl (C=O) groups is 1. The number of imidazole rings is 1. The molecule has 0 spiro atoms. The fourth-order valence-electron chi connectivity index (χ4n) is 2.30. The fraction of sp³-hybridized carbons (Fsp3) is 0.429. The molecule has 0 saturated heterocycles. The predicted molar refractivity (Wildman–Crippen MR) is 82.6 cm³/mol. The van der Waals surface area contributed by atoms with Gasteiger partial charge in [-0.3, -0.25) is 0 Å². The number of H-pyrrole nitrogens is 1. The molecule has 4 nitrogen and oxygen atoms in total. The summed E-state index contributed by atoms with van der Waals surface area (Å²) in [5.41, 5.74) is 1.68. The molecule has 2 rings (SSSR count). The molecule has 0 amide bonds. The number of rotatable bonds is 4. The molecule has 0 saturated carbocycles. The van der Waals surface area contributed by atoms with Crippen molar-refractivity contribution in [3.63, 3.8) is 0 Å². The van der Waals surface area contributed by atoms with E-state index in [1.807, 2.05) is 10.6 Å². The van der Waals surface area contributed by atoms with E-state index in [1.165, 1.54) is 7.11 Å². The number of ether oxygens (including phenoxy) is 1. The first-order valence-electron chi connectivity index (χ1n) is 6.41. The number of carbonyl (C=O) groups excluding carboxylic acids is 1. The number of nitrogens with zero attached hydrogens (tertiary/aromatic N) is 1. The summed E-state index contributed by atoms with van der Waals surface area (Å²) in [4.78, 5) is 15.2. The zero-order chi connectivity index (χ0) is 14.9. The third-order valence-electron chi connectivity index (χ3n) is 3.16. The van der Waals surface area contributed by atoms with Gasteiger partial charge in [0, 0.05) is 5.02 Å². The van der Waals surface area contributed by atoms with Crippen LogP contribution in [0.1, 0.15) is 26.3 Å². The number of aromatic nitrogens is 2. The van der Waals surface area contributed by atoms with Gasteiger partial charge in [0.15, 0.2) is 4.77 Å². The normalized spacial score (nSPS) is 12.8. The topological polar surface area (TPSA) is 47.0 Å². The summed E-state index contributed by atoms with van der Waals surface area (Å²) in [7, 11) is 1.39. The van der Waals surface area contributed by atoms with Gasteiger partial charge in [-0.05, 0) is 42.8 Å². The smallest absolute Gasteiger partial charge is 0.328 e. The maximum absolute atomic E-state index is 12.1. The number of esters is 1. The second-order valence-corrected chi connectivity index (χ2v) is 5.95. The maximum atomic E-state index is 12.1. The first-order valence-corrected chi connectivity index (χ1v) is 7.20. The van der Waals surface area contributed by atoms with E-state index in [0.29, 0.717) is 22.1 Å². The third-order valence-corrected chi connectivity index (χ3v) is 3.69. The minimum absolute atomic E-state index is 0.286. The number of fused-ring (bicyclic) bond motifs is 1. The number of nitrogens with one attached hydrogen (secondary N) is 1. The number of aromatic amines is 1. The number of hydrogen-bond acceptors (Lipinski definition) is 3. The molecule has 1 aromatic carbocycles. The van der Waals surface area contributed by atoms with E-state index in [9.17, 15) is 4.79 Å². The SMILES string of the molecule is COC(=O)C(CC(C)C)n1c(=S)[nH]c2cc(Cl)ccc21. The van der Waals surface area contributed by atoms with Gasteiger partial charge in [0.2, 0.25) is 0 Å². The molecule has 0 bridgehead atoms. The molecule has 1 atom stereocenters. The van der Waals surface area contributed by atoms with Gasteiger partial charge in [-0.25, -0.2) is 4.79 Å². The molecular weight excluding hydrogens is 296 g/mol. The van der Waals surface area contributed by atoms with Crippen LogP contribution in [0.25, 0.3) is 11.0 Å². The summed E-state index contributed by atoms with van der Waals surface area (Å²) >= 11 is 11.3. The van der Waals surface area contributed by atoms with Crippen LogP contribution < -0.4 is 0 Å². The second-order valence-electron chi connectivity index (χ2n) is 5.13. The van der Waals surface area contributed by atoms with Crippen LogP contribution in [0.15, 0.2) is 18.2 Å². The molecule has 0 fully saturated rings. The number of methoxy groups -OCH3 is 1. The highest BCUT2D eigenvalue weighted by molar-refractivity contribution is 7.71. The van der Waals surface area contributed by atoms with Crippen molar-refractivity contribution >= 4 is 40.8 Å². The molecule has 0 radical (unpaired) electrons. The van der Waals surface area contributed by atoms with Gasteiger partial charge in [-0.1, -0.05) is 25.4 Å². The van der Waals surface area contributed by atoms with Crippen LogP contribution in [0.5, 0.6) is 0 Å². The third kappa shape index (κ3) is 2.88. The first kappa shape index (κ1) is 15.1. The van der Waals surface area contributed by atoms with Crippen LogP contribution in [0, 0.1) is 10.7 Å². The molecule has 0 aliphatic carbocycles. The second kappa shape index (κ2) is 5.97. The van der Waals surface area contributed by atoms with Gasteiger partial charge in [-0.15, -0.1) is 0 Å². The summed E-state index contributed by atoms with van der Waals surface area (Å²) < 4.78 is 7.23. The molecular formula is C14H17ClN2O2S. The van der Waals surface area contributed by atoms with E-state index < -0.39 is 6.04 Å². The molecule has 108 valence electrons. The standard InChI is InChI=1S/C14H17ClN2O2S/c1-8(2)6-12(13(18)19-3)17-11-5-4-9(15)7-10(11)16-14(17)20/h4-5,7-8,12H,6H2,1-3H3,(H,16,20). The highest BCUT2D eigenvalue weighted by Crippen LogP contribution is 2.27. The van der Waals surface area contributed by atoms with Crippen molar-refractivity contribution in [2.45, 2.75) is 26.3 Å². The Morgan fingerprint density at radius 2 is 2.20 bits per heavy atom. The van der Waals surface area contributed by atoms with Crippen molar-refractivity contribution in [2.75, 3.05) is 7.11 Å². The molecule has 1 N–H and O–H groups in total. The fourth-order valence-corrected chi connectivity index (χ4v) is 2.81. The van der Waals surface area contributed by atoms with Crippen molar-refractivity contribution in [3.8, 4) is 0 Å². The number of benzene rings is 1. The Bertz CT molecular complexity index is 690. The van der Waals surface area contributed by atoms with Gasteiger partial charge in [0.25, 0.3) is 0 Å². The minimum atomic E-state index is -0.428. The number of hydrogen-bond donors (Lipinski definition) is 1. The monoisotopic (exact) mass is 312 g/mol. The van der Waals surface area contributed by atoms with Crippen LogP contribution in [0.4, 0.5) is 0 Å². The molecule has 6 heteroatoms. The Kier molecular flexibility index (Phi) is 4.50. The highest BCUT2D eigenvalue weighted by atomic mass is 35.5. The van der Waals surface area contributed by atoms with E-state index in [-0.39, 0.29) is 5.97 Å². The summed E-state index contributed by atoms with van der Waals surface area (Å²) in [5, 5.41) is 0.624. The van der Waals surface area contributed by atoms with Crippen LogP contribution in [-0.4, -0.2) is 22.6 Å². The molecule has 1 heterocycles. The largest absolute Gasteiger partial charge is 0.467 e. The van der Waals surface area contributed by atoms with Gasteiger partial charge in [0.05, 0.1) is 18.1 Å². The predicted octanol–water partition coefficient (Wildman–Crippen LogP) is 4.11. The lowest BCUT2D eigenvalue weighted by Gasteiger charge is -2.19. The average Bonchev–Trinajstić information content (AvgIpc) is 2.69. The van der Waals surface area contributed by atoms with E-state index in [2.05, 4.69) is 18.8 Å². The van der Waals surface area contributed by atoms with Gasteiger partial charge in [-0.2, -0.15) is 0 Å². The highest BCUT2D eigenvalue weighted by Gasteiger charge is 2.25. The van der Waals surface area contributed by atoms with Crippen molar-refractivity contribution in [1.29, 1.82) is 0 Å². The Morgan fingerprint density at radius 1 is 1.50 bits per heavy atom. The van der Waals surface area contributed by atoms with Crippen molar-refractivity contribution in [3.05, 3.63) is 28.0 Å². The van der Waals surface area contributed by atoms with Crippen molar-refractivity contribution < 1.29 is 9.53 Å².